The maximum Gasteiger partial charge on any atom is 0.347 e. The Labute approximate surface area is 163 Å². The fourth-order valence-electron chi connectivity index (χ4n) is 2.39. The van der Waals surface area contributed by atoms with E-state index in [0.717, 1.165) is 16.7 Å². The van der Waals surface area contributed by atoms with Crippen molar-refractivity contribution in [2.75, 3.05) is 6.26 Å². The molecule has 3 nitrogen and oxygen atoms in total. The Balaban J connectivity index is 2.12. The molecule has 0 amide bonds. The van der Waals surface area contributed by atoms with Crippen molar-refractivity contribution in [2.45, 2.75) is 43.1 Å². The van der Waals surface area contributed by atoms with Gasteiger partial charge < -0.3 is 9.84 Å². The number of ether oxygens (including phenoxy) is 1. The van der Waals surface area contributed by atoms with Crippen molar-refractivity contribution >= 4 is 35.6 Å². The first-order chi connectivity index (χ1) is 12.2. The molecule has 0 unspecified atom stereocenters. The molecule has 0 saturated heterocycles. The number of carbonyl (C=O) groups is 1. The van der Waals surface area contributed by atoms with Crippen molar-refractivity contribution in [3.05, 3.63) is 58.5 Å². The second kappa shape index (κ2) is 8.69. The first-order valence-electron chi connectivity index (χ1n) is 8.24. The Hall–Kier alpha value is -1.85. The number of hydrogen-bond donors (Lipinski definition) is 1. The molecule has 0 aliphatic carbocycles. The highest BCUT2D eigenvalue weighted by Crippen LogP contribution is 2.30. The number of thioether (sulfide) groups is 2. The third-order valence-corrected chi connectivity index (χ3v) is 5.44. The molecule has 0 fully saturated rings. The van der Waals surface area contributed by atoms with Gasteiger partial charge in [-0.1, -0.05) is 11.8 Å². The lowest BCUT2D eigenvalue weighted by molar-refractivity contribution is -0.152. The highest BCUT2D eigenvalue weighted by Gasteiger charge is 2.30. The van der Waals surface area contributed by atoms with Gasteiger partial charge in [0, 0.05) is 9.79 Å². The SMILES string of the molecule is CSc1ccc(S/C=C\c2cc(C)c(OC(C)(C)C(=O)O)c(C)c2)cc1. The van der Waals surface area contributed by atoms with Gasteiger partial charge in [0.25, 0.3) is 0 Å². The van der Waals surface area contributed by atoms with Crippen molar-refractivity contribution in [1.29, 1.82) is 0 Å². The van der Waals surface area contributed by atoms with E-state index in [9.17, 15) is 9.90 Å². The highest BCUT2D eigenvalue weighted by atomic mass is 32.2. The quantitative estimate of drug-likeness (QED) is 0.587. The van der Waals surface area contributed by atoms with Crippen LogP contribution in [-0.4, -0.2) is 22.9 Å². The van der Waals surface area contributed by atoms with Crippen molar-refractivity contribution in [2.24, 2.45) is 0 Å². The summed E-state index contributed by atoms with van der Waals surface area (Å²) in [6.45, 7) is 6.99. The predicted molar refractivity (Wildman–Crippen MR) is 111 cm³/mol. The van der Waals surface area contributed by atoms with Gasteiger partial charge in [-0.15, -0.1) is 11.8 Å². The number of benzene rings is 2. The third-order valence-electron chi connectivity index (χ3n) is 3.88. The van der Waals surface area contributed by atoms with Crippen LogP contribution in [0.2, 0.25) is 0 Å². The predicted octanol–water partition coefficient (Wildman–Crippen LogP) is 6.03. The standard InChI is InChI=1S/C21H24O3S2/c1-14-12-16(10-11-26-18-8-6-17(25-5)7-9-18)13-15(2)19(14)24-21(3,4)20(22)23/h6-13H,1-5H3,(H,22,23)/b11-10-. The van der Waals surface area contributed by atoms with Crippen LogP contribution in [-0.2, 0) is 4.79 Å². The molecule has 0 aromatic heterocycles. The van der Waals surface area contributed by atoms with Crippen molar-refractivity contribution in [1.82, 2.24) is 0 Å². The van der Waals surface area contributed by atoms with E-state index in [-0.39, 0.29) is 0 Å². The molecule has 2 rings (SSSR count). The summed E-state index contributed by atoms with van der Waals surface area (Å²) in [4.78, 5) is 13.7. The van der Waals surface area contributed by atoms with E-state index in [2.05, 4.69) is 42.0 Å². The molecule has 0 aliphatic heterocycles. The Kier molecular flexibility index (Phi) is 6.84. The van der Waals surface area contributed by atoms with Crippen LogP contribution in [0.25, 0.3) is 6.08 Å². The minimum absolute atomic E-state index is 0.634. The molecule has 1 N–H and O–H groups in total. The zero-order valence-electron chi connectivity index (χ0n) is 15.7. The number of carboxylic acid groups (broad SMARTS) is 1. The average molecular weight is 389 g/mol. The first-order valence-corrected chi connectivity index (χ1v) is 10.3. The maximum absolute atomic E-state index is 11.3. The summed E-state index contributed by atoms with van der Waals surface area (Å²) in [6.07, 6.45) is 4.12. The summed E-state index contributed by atoms with van der Waals surface area (Å²) in [5.41, 5.74) is 1.65. The number of aryl methyl sites for hydroxylation is 2. The first kappa shape index (κ1) is 20.5. The van der Waals surface area contributed by atoms with Crippen LogP contribution >= 0.6 is 23.5 Å². The second-order valence-corrected chi connectivity index (χ2v) is 8.36. The van der Waals surface area contributed by atoms with Gasteiger partial charge in [-0.25, -0.2) is 4.79 Å². The van der Waals surface area contributed by atoms with Crippen molar-refractivity contribution < 1.29 is 14.6 Å². The van der Waals surface area contributed by atoms with Crippen molar-refractivity contribution in [3.63, 3.8) is 0 Å². The van der Waals surface area contributed by atoms with Crippen LogP contribution in [0.4, 0.5) is 0 Å². The summed E-state index contributed by atoms with van der Waals surface area (Å²) in [5, 5.41) is 11.3. The monoisotopic (exact) mass is 388 g/mol. The lowest BCUT2D eigenvalue weighted by atomic mass is 10.0. The maximum atomic E-state index is 11.3. The molecule has 0 spiro atoms. The van der Waals surface area contributed by atoms with E-state index in [0.29, 0.717) is 5.75 Å². The van der Waals surface area contributed by atoms with Crippen LogP contribution in [0, 0.1) is 13.8 Å². The lowest BCUT2D eigenvalue weighted by Gasteiger charge is -2.24. The molecule has 26 heavy (non-hydrogen) atoms. The Morgan fingerprint density at radius 1 is 1.08 bits per heavy atom. The highest BCUT2D eigenvalue weighted by molar-refractivity contribution is 8.02. The number of aliphatic carboxylic acids is 1. The summed E-state index contributed by atoms with van der Waals surface area (Å²) in [7, 11) is 0. The zero-order chi connectivity index (χ0) is 19.3. The fraction of sp³-hybridized carbons (Fsp3) is 0.286. The number of rotatable bonds is 7. The lowest BCUT2D eigenvalue weighted by Crippen LogP contribution is -2.38. The average Bonchev–Trinajstić information content (AvgIpc) is 2.58. The second-order valence-electron chi connectivity index (χ2n) is 6.50. The van der Waals surface area contributed by atoms with Crippen LogP contribution in [0.3, 0.4) is 0 Å². The molecular formula is C21H24O3S2. The third kappa shape index (κ3) is 5.32. The van der Waals surface area contributed by atoms with E-state index in [4.69, 9.17) is 4.74 Å². The van der Waals surface area contributed by atoms with E-state index >= 15 is 0 Å². The van der Waals surface area contributed by atoms with Crippen LogP contribution < -0.4 is 4.74 Å². The van der Waals surface area contributed by atoms with Crippen LogP contribution in [0.1, 0.15) is 30.5 Å². The number of hydrogen-bond acceptors (Lipinski definition) is 4. The summed E-state index contributed by atoms with van der Waals surface area (Å²) in [5.74, 6) is -0.348. The fourth-order valence-corrected chi connectivity index (χ4v) is 3.47. The Morgan fingerprint density at radius 3 is 2.12 bits per heavy atom. The number of carboxylic acids is 1. The van der Waals surface area contributed by atoms with Gasteiger partial charge in [0.05, 0.1) is 0 Å². The summed E-state index contributed by atoms with van der Waals surface area (Å²) >= 11 is 3.40. The van der Waals surface area contributed by atoms with Gasteiger partial charge in [0.2, 0.25) is 0 Å². The topological polar surface area (TPSA) is 46.5 Å². The molecular weight excluding hydrogens is 364 g/mol. The molecule has 2 aromatic carbocycles. The van der Waals surface area contributed by atoms with E-state index in [1.165, 1.54) is 9.79 Å². The molecule has 0 saturated carbocycles. The van der Waals surface area contributed by atoms with E-state index < -0.39 is 11.6 Å². The van der Waals surface area contributed by atoms with E-state index in [1.807, 2.05) is 26.0 Å². The van der Waals surface area contributed by atoms with Crippen molar-refractivity contribution in [3.8, 4) is 5.75 Å². The molecule has 0 atom stereocenters. The minimum Gasteiger partial charge on any atom is -0.478 e. The van der Waals surface area contributed by atoms with Gasteiger partial charge in [-0.2, -0.15) is 0 Å². The minimum atomic E-state index is -1.26. The van der Waals surface area contributed by atoms with Gasteiger partial charge in [-0.3, -0.25) is 0 Å². The molecule has 138 valence electrons. The van der Waals surface area contributed by atoms with Crippen LogP contribution in [0.5, 0.6) is 5.75 Å². The zero-order valence-corrected chi connectivity index (χ0v) is 17.3. The van der Waals surface area contributed by atoms with Gasteiger partial charge in [-0.05, 0) is 98.5 Å². The van der Waals surface area contributed by atoms with Gasteiger partial charge in [0.15, 0.2) is 5.60 Å². The van der Waals surface area contributed by atoms with Crippen LogP contribution in [0.15, 0.2) is 51.6 Å². The Bertz CT molecular complexity index is 786. The molecule has 5 heteroatoms. The summed E-state index contributed by atoms with van der Waals surface area (Å²) < 4.78 is 5.74. The Morgan fingerprint density at radius 2 is 1.62 bits per heavy atom. The van der Waals surface area contributed by atoms with Gasteiger partial charge in [0.1, 0.15) is 5.75 Å². The summed E-state index contributed by atoms with van der Waals surface area (Å²) in [6, 6.07) is 12.5. The van der Waals surface area contributed by atoms with Gasteiger partial charge >= 0.3 is 5.97 Å². The molecule has 0 heterocycles. The normalized spacial score (nSPS) is 11.7. The largest absolute Gasteiger partial charge is 0.478 e. The molecule has 0 bridgehead atoms. The smallest absolute Gasteiger partial charge is 0.347 e. The van der Waals surface area contributed by atoms with E-state index in [1.54, 1.807) is 37.4 Å². The molecule has 2 aromatic rings. The molecule has 0 radical (unpaired) electrons. The molecule has 0 aliphatic rings.